The number of phenols is 2. The molecule has 11 nitrogen and oxygen atoms in total. The number of amides is 1. The summed E-state index contributed by atoms with van der Waals surface area (Å²) in [5, 5.41) is 34.7. The van der Waals surface area contributed by atoms with Gasteiger partial charge in [-0.25, -0.2) is 4.79 Å². The predicted molar refractivity (Wildman–Crippen MR) is 188 cm³/mol. The molecule has 4 rings (SSSR count). The number of carboxylic acid groups (broad SMARTS) is 1. The fraction of sp³-hybridized carbons (Fsp3) is 0.389. The predicted octanol–water partition coefficient (Wildman–Crippen LogP) is 5.58. The van der Waals surface area contributed by atoms with Crippen molar-refractivity contribution in [1.29, 1.82) is 0 Å². The van der Waals surface area contributed by atoms with E-state index in [9.17, 15) is 19.8 Å². The summed E-state index contributed by atoms with van der Waals surface area (Å²) >= 11 is 1.44. The minimum atomic E-state index is -1.05. The average molecular weight is 680 g/mol. The first-order valence-electron chi connectivity index (χ1n) is 16.2. The SMILES string of the molecule is CCN(CCCCNCCOCCOCCNC(=O)O)CCOc1ccc(C(=O)c2c(-c3ccc(O)cc3)sc3cc(O)ccc23)cc1. The first-order valence-corrected chi connectivity index (χ1v) is 17.0. The van der Waals surface area contributed by atoms with Gasteiger partial charge in [0.1, 0.15) is 23.9 Å². The van der Waals surface area contributed by atoms with Crippen molar-refractivity contribution in [1.82, 2.24) is 15.5 Å². The van der Waals surface area contributed by atoms with Crippen molar-refractivity contribution in [3.63, 3.8) is 0 Å². The van der Waals surface area contributed by atoms with Crippen LogP contribution in [0.3, 0.4) is 0 Å². The molecule has 0 spiro atoms. The number of nitrogens with one attached hydrogen (secondary N) is 2. The second kappa shape index (κ2) is 19.6. The molecular weight excluding hydrogens is 634 g/mol. The van der Waals surface area contributed by atoms with Crippen molar-refractivity contribution < 1.29 is 39.1 Å². The van der Waals surface area contributed by atoms with Gasteiger partial charge in [-0.2, -0.15) is 0 Å². The number of ether oxygens (including phenoxy) is 3. The lowest BCUT2D eigenvalue weighted by atomic mass is 9.97. The van der Waals surface area contributed by atoms with Crippen LogP contribution in [0.2, 0.25) is 0 Å². The lowest BCUT2D eigenvalue weighted by molar-refractivity contribution is 0.0500. The van der Waals surface area contributed by atoms with Gasteiger partial charge in [0, 0.05) is 45.7 Å². The highest BCUT2D eigenvalue weighted by Crippen LogP contribution is 2.41. The van der Waals surface area contributed by atoms with Crippen LogP contribution in [-0.4, -0.2) is 104 Å². The van der Waals surface area contributed by atoms with Gasteiger partial charge in [0.2, 0.25) is 0 Å². The molecule has 3 aromatic carbocycles. The number of unbranched alkanes of at least 4 members (excludes halogenated alkanes) is 1. The highest BCUT2D eigenvalue weighted by molar-refractivity contribution is 7.22. The van der Waals surface area contributed by atoms with Crippen LogP contribution in [0.15, 0.2) is 66.7 Å². The van der Waals surface area contributed by atoms with Crippen LogP contribution in [0.4, 0.5) is 4.79 Å². The number of fused-ring (bicyclic) bond motifs is 1. The van der Waals surface area contributed by atoms with Gasteiger partial charge in [-0.1, -0.05) is 6.92 Å². The number of ketones is 1. The Balaban J connectivity index is 1.15. The molecule has 48 heavy (non-hydrogen) atoms. The van der Waals surface area contributed by atoms with Crippen molar-refractivity contribution in [3.05, 3.63) is 77.9 Å². The fourth-order valence-corrected chi connectivity index (χ4v) is 6.34. The maximum Gasteiger partial charge on any atom is 0.404 e. The molecule has 0 unspecified atom stereocenters. The summed E-state index contributed by atoms with van der Waals surface area (Å²) in [5.74, 6) is 0.884. The molecule has 0 fully saturated rings. The average Bonchev–Trinajstić information content (AvgIpc) is 3.46. The lowest BCUT2D eigenvalue weighted by Crippen LogP contribution is -2.30. The molecule has 0 atom stereocenters. The van der Waals surface area contributed by atoms with E-state index < -0.39 is 6.09 Å². The number of carbonyl (C=O) groups is 2. The molecule has 12 heteroatoms. The molecule has 4 aromatic rings. The largest absolute Gasteiger partial charge is 0.508 e. The molecule has 1 aromatic heterocycles. The number of thiophene rings is 1. The van der Waals surface area contributed by atoms with Crippen molar-refractivity contribution in [2.45, 2.75) is 19.8 Å². The Morgan fingerprint density at radius 2 is 1.50 bits per heavy atom. The molecule has 0 radical (unpaired) electrons. The number of phenolic OH excluding ortho intramolecular Hbond substituents is 2. The third-order valence-corrected chi connectivity index (χ3v) is 8.87. The fourth-order valence-electron chi connectivity index (χ4n) is 5.10. The number of hydrogen-bond donors (Lipinski definition) is 5. The molecule has 0 aliphatic heterocycles. The maximum absolute atomic E-state index is 13.8. The van der Waals surface area contributed by atoms with Crippen LogP contribution in [-0.2, 0) is 9.47 Å². The Labute approximate surface area is 285 Å². The maximum atomic E-state index is 13.8. The Bertz CT molecular complexity index is 1580. The quantitative estimate of drug-likeness (QED) is 0.0526. The molecule has 0 aliphatic carbocycles. The van der Waals surface area contributed by atoms with Crippen LogP contribution in [0, 0.1) is 0 Å². The zero-order valence-corrected chi connectivity index (χ0v) is 28.1. The highest BCUT2D eigenvalue weighted by atomic mass is 32.1. The molecule has 0 bridgehead atoms. The van der Waals surface area contributed by atoms with E-state index in [-0.39, 0.29) is 23.8 Å². The number of nitrogens with zero attached hydrogens (tertiary/aromatic N) is 1. The summed E-state index contributed by atoms with van der Waals surface area (Å²) < 4.78 is 17.6. The third-order valence-electron chi connectivity index (χ3n) is 7.67. The molecular formula is C36H45N3O8S. The molecule has 0 aliphatic rings. The van der Waals surface area contributed by atoms with Gasteiger partial charge in [0.05, 0.1) is 26.4 Å². The number of aromatic hydroxyl groups is 2. The zero-order valence-electron chi connectivity index (χ0n) is 27.3. The van der Waals surface area contributed by atoms with E-state index >= 15 is 0 Å². The van der Waals surface area contributed by atoms with Gasteiger partial charge in [-0.05, 0) is 105 Å². The summed E-state index contributed by atoms with van der Waals surface area (Å²) in [6.45, 7) is 9.20. The van der Waals surface area contributed by atoms with E-state index in [1.54, 1.807) is 54.6 Å². The van der Waals surface area contributed by atoms with E-state index in [0.29, 0.717) is 49.9 Å². The van der Waals surface area contributed by atoms with Crippen LogP contribution < -0.4 is 15.4 Å². The Kier molecular flexibility index (Phi) is 14.9. The minimum Gasteiger partial charge on any atom is -0.508 e. The van der Waals surface area contributed by atoms with Crippen molar-refractivity contribution >= 4 is 33.3 Å². The number of rotatable bonds is 22. The summed E-state index contributed by atoms with van der Waals surface area (Å²) in [6, 6.07) is 19.0. The highest BCUT2D eigenvalue weighted by Gasteiger charge is 2.22. The normalized spacial score (nSPS) is 11.3. The first kappa shape index (κ1) is 36.6. The number of likely N-dealkylation sites (N-methyl/N-ethyl adjacent to an activating group) is 1. The second-order valence-electron chi connectivity index (χ2n) is 11.1. The monoisotopic (exact) mass is 679 g/mol. The summed E-state index contributed by atoms with van der Waals surface area (Å²) in [7, 11) is 0. The number of carbonyl (C=O) groups excluding carboxylic acids is 1. The number of benzene rings is 3. The minimum absolute atomic E-state index is 0.116. The van der Waals surface area contributed by atoms with Gasteiger partial charge in [-0.15, -0.1) is 11.3 Å². The smallest absolute Gasteiger partial charge is 0.404 e. The van der Waals surface area contributed by atoms with Crippen molar-refractivity contribution in [3.8, 4) is 27.7 Å². The van der Waals surface area contributed by atoms with Crippen LogP contribution in [0.5, 0.6) is 17.2 Å². The molecule has 258 valence electrons. The van der Waals surface area contributed by atoms with E-state index in [1.165, 1.54) is 11.3 Å². The zero-order chi connectivity index (χ0) is 34.1. The van der Waals surface area contributed by atoms with Crippen molar-refractivity contribution in [2.75, 3.05) is 72.3 Å². The molecule has 1 heterocycles. The van der Waals surface area contributed by atoms with Gasteiger partial charge < -0.3 is 45.1 Å². The molecule has 5 N–H and O–H groups in total. The Hall–Kier alpha value is -4.20. The second-order valence-corrected chi connectivity index (χ2v) is 12.1. The van der Waals surface area contributed by atoms with E-state index in [0.717, 1.165) is 66.1 Å². The summed E-state index contributed by atoms with van der Waals surface area (Å²) in [5.41, 5.74) is 1.94. The summed E-state index contributed by atoms with van der Waals surface area (Å²) in [6.07, 6.45) is 1.07. The van der Waals surface area contributed by atoms with E-state index in [4.69, 9.17) is 19.3 Å². The van der Waals surface area contributed by atoms with Crippen molar-refractivity contribution in [2.24, 2.45) is 0 Å². The van der Waals surface area contributed by atoms with Crippen LogP contribution >= 0.6 is 11.3 Å². The topological polar surface area (TPSA) is 150 Å². The van der Waals surface area contributed by atoms with Gasteiger partial charge in [0.25, 0.3) is 0 Å². The van der Waals surface area contributed by atoms with Gasteiger partial charge in [-0.3, -0.25) is 4.79 Å². The van der Waals surface area contributed by atoms with Gasteiger partial charge in [0.15, 0.2) is 5.78 Å². The van der Waals surface area contributed by atoms with Crippen LogP contribution in [0.1, 0.15) is 35.7 Å². The third kappa shape index (κ3) is 11.5. The first-order chi connectivity index (χ1) is 23.4. The molecule has 0 saturated heterocycles. The molecule has 0 saturated carbocycles. The van der Waals surface area contributed by atoms with E-state index in [2.05, 4.69) is 22.5 Å². The lowest BCUT2D eigenvalue weighted by Gasteiger charge is -2.20. The molecule has 1 amide bonds. The van der Waals surface area contributed by atoms with E-state index in [1.807, 2.05) is 12.1 Å². The standard InChI is InChI=1S/C36H45N3O8S/c1-2-39(18-4-3-15-37-16-20-45-23-24-46-21-17-38-36(43)44)19-22-47-30-12-7-26(8-13-30)34(42)33-31-14-11-29(41)25-32(31)48-35(33)27-5-9-28(40)10-6-27/h5-14,25,37-38,40-41H,2-4,15-24H2,1H3,(H,43,44). The van der Waals surface area contributed by atoms with Gasteiger partial charge >= 0.3 is 6.09 Å². The summed E-state index contributed by atoms with van der Waals surface area (Å²) in [4.78, 5) is 27.3. The Morgan fingerprint density at radius 1 is 0.792 bits per heavy atom. The van der Waals surface area contributed by atoms with Crippen LogP contribution in [0.25, 0.3) is 20.5 Å². The Morgan fingerprint density at radius 3 is 2.21 bits per heavy atom. The number of hydrogen-bond acceptors (Lipinski definition) is 10.